The zero-order valence-corrected chi connectivity index (χ0v) is 23.8. The number of carbonyl (C=O) groups is 1. The summed E-state index contributed by atoms with van der Waals surface area (Å²) in [5, 5.41) is 4.07. The lowest BCUT2D eigenvalue weighted by Gasteiger charge is -2.33. The Morgan fingerprint density at radius 3 is 2.23 bits per heavy atom. The van der Waals surface area contributed by atoms with Crippen LogP contribution in [0, 0.1) is 0 Å². The molecule has 0 atom stereocenters. The molecule has 2 fully saturated rings. The highest BCUT2D eigenvalue weighted by atomic mass is 32.2. The van der Waals surface area contributed by atoms with Crippen LogP contribution in [0.3, 0.4) is 0 Å². The van der Waals surface area contributed by atoms with Crippen molar-refractivity contribution in [2.24, 2.45) is 0 Å². The van der Waals surface area contributed by atoms with E-state index < -0.39 is 21.8 Å². The zero-order chi connectivity index (χ0) is 28.8. The van der Waals surface area contributed by atoms with Crippen molar-refractivity contribution in [2.75, 3.05) is 55.1 Å². The normalized spacial score (nSPS) is 18.8. The first-order valence-corrected chi connectivity index (χ1v) is 15.9. The number of aromatic nitrogens is 2. The van der Waals surface area contributed by atoms with Gasteiger partial charge in [0.15, 0.2) is 5.82 Å². The summed E-state index contributed by atoms with van der Waals surface area (Å²) in [6.45, 7) is 4.69. The number of hydrogen-bond acceptors (Lipinski definition) is 6. The van der Waals surface area contributed by atoms with Crippen LogP contribution < -0.4 is 9.62 Å². The van der Waals surface area contributed by atoms with E-state index in [1.165, 1.54) is 24.4 Å². The molecule has 1 N–H and O–H groups in total. The molecule has 0 aliphatic carbocycles. The molecule has 2 aliphatic rings. The number of hydrogen-bond donors (Lipinski definition) is 1. The van der Waals surface area contributed by atoms with E-state index in [2.05, 4.69) is 19.6 Å². The van der Waals surface area contributed by atoms with Gasteiger partial charge in [-0.1, -0.05) is 18.9 Å². The van der Waals surface area contributed by atoms with Gasteiger partial charge in [0.2, 0.25) is 10.0 Å². The molecule has 0 bridgehead atoms. The SMILES string of the molecule is CS(=O)(=O)Nc1ccn(C(=O)N2CCCCCCN(Cc3ccc(C(F)(F)F)cc3N3CCCCC3)CCC2)n1. The van der Waals surface area contributed by atoms with Gasteiger partial charge in [-0.25, -0.2) is 13.2 Å². The second kappa shape index (κ2) is 13.2. The summed E-state index contributed by atoms with van der Waals surface area (Å²) in [6, 6.07) is 5.25. The third kappa shape index (κ3) is 8.60. The van der Waals surface area contributed by atoms with E-state index in [1.807, 2.05) is 0 Å². The van der Waals surface area contributed by atoms with Crippen LogP contribution in [0.4, 0.5) is 29.5 Å². The largest absolute Gasteiger partial charge is 0.416 e. The number of rotatable bonds is 5. The first kappa shape index (κ1) is 30.2. The molecule has 0 spiro atoms. The number of nitrogens with one attached hydrogen (secondary N) is 1. The maximum absolute atomic E-state index is 13.5. The molecule has 2 saturated heterocycles. The fraction of sp³-hybridized carbons (Fsp3) is 0.630. The third-order valence-corrected chi connectivity index (χ3v) is 7.98. The minimum absolute atomic E-state index is 0.0842. The van der Waals surface area contributed by atoms with Crippen molar-refractivity contribution in [1.29, 1.82) is 0 Å². The Morgan fingerprint density at radius 1 is 0.900 bits per heavy atom. The summed E-state index contributed by atoms with van der Waals surface area (Å²) in [5.41, 5.74) is 0.968. The number of benzene rings is 1. The number of halogens is 3. The van der Waals surface area contributed by atoms with Gasteiger partial charge in [-0.15, -0.1) is 5.10 Å². The average Bonchev–Trinajstić information content (AvgIpc) is 3.33. The van der Waals surface area contributed by atoms with Crippen LogP contribution in [-0.2, 0) is 22.7 Å². The monoisotopic (exact) mass is 584 g/mol. The molecule has 1 aromatic carbocycles. The molecule has 3 heterocycles. The Bertz CT molecular complexity index is 1240. The molecular formula is C27H39F3N6O3S. The lowest BCUT2D eigenvalue weighted by atomic mass is 10.0. The van der Waals surface area contributed by atoms with Crippen LogP contribution in [0.2, 0.25) is 0 Å². The number of alkyl halides is 3. The van der Waals surface area contributed by atoms with Gasteiger partial charge in [0.05, 0.1) is 11.8 Å². The average molecular weight is 585 g/mol. The van der Waals surface area contributed by atoms with Crippen molar-refractivity contribution in [1.82, 2.24) is 19.6 Å². The molecular weight excluding hydrogens is 545 g/mol. The second-order valence-corrected chi connectivity index (χ2v) is 12.5. The molecule has 13 heteroatoms. The number of sulfonamides is 1. The van der Waals surface area contributed by atoms with Crippen molar-refractivity contribution >= 4 is 27.6 Å². The summed E-state index contributed by atoms with van der Waals surface area (Å²) in [4.78, 5) is 19.3. The fourth-order valence-corrected chi connectivity index (χ4v) is 5.90. The third-order valence-electron chi connectivity index (χ3n) is 7.40. The van der Waals surface area contributed by atoms with Gasteiger partial charge in [-0.05, 0) is 62.8 Å². The van der Waals surface area contributed by atoms with Crippen LogP contribution in [0.15, 0.2) is 30.5 Å². The maximum atomic E-state index is 13.5. The van der Waals surface area contributed by atoms with Gasteiger partial charge in [0.25, 0.3) is 0 Å². The van der Waals surface area contributed by atoms with E-state index in [1.54, 1.807) is 11.0 Å². The molecule has 1 aromatic heterocycles. The highest BCUT2D eigenvalue weighted by molar-refractivity contribution is 7.92. The standard InChI is InChI=1S/C27H39F3N6O3S/c1-40(38,39)32-25-12-19-36(31-25)26(37)35-17-6-3-2-5-13-33(14-9-18-35)21-22-10-11-23(27(28,29)30)20-24(22)34-15-7-4-8-16-34/h10-12,19-20H,2-9,13-18,21H2,1H3,(H,31,32). The van der Waals surface area contributed by atoms with E-state index in [4.69, 9.17) is 0 Å². The maximum Gasteiger partial charge on any atom is 0.416 e. The topological polar surface area (TPSA) is 90.8 Å². The van der Waals surface area contributed by atoms with Crippen LogP contribution in [-0.4, -0.2) is 79.6 Å². The molecule has 0 saturated carbocycles. The van der Waals surface area contributed by atoms with E-state index in [0.29, 0.717) is 38.3 Å². The minimum atomic E-state index is -4.38. The van der Waals surface area contributed by atoms with Gasteiger partial charge >= 0.3 is 12.2 Å². The van der Waals surface area contributed by atoms with Gasteiger partial charge in [0.1, 0.15) is 0 Å². The Morgan fingerprint density at radius 2 is 1.52 bits per heavy atom. The molecule has 0 unspecified atom stereocenters. The van der Waals surface area contributed by atoms with Crippen LogP contribution in [0.25, 0.3) is 0 Å². The van der Waals surface area contributed by atoms with Crippen molar-refractivity contribution in [3.63, 3.8) is 0 Å². The number of carbonyl (C=O) groups excluding carboxylic acids is 1. The molecule has 1 amide bonds. The second-order valence-electron chi connectivity index (χ2n) is 10.7. The van der Waals surface area contributed by atoms with E-state index in [0.717, 1.165) is 81.1 Å². The van der Waals surface area contributed by atoms with E-state index >= 15 is 0 Å². The molecule has 4 rings (SSSR count). The first-order chi connectivity index (χ1) is 19.0. The summed E-state index contributed by atoms with van der Waals surface area (Å²) in [7, 11) is -3.51. The lowest BCUT2D eigenvalue weighted by Crippen LogP contribution is -2.38. The Labute approximate surface area is 234 Å². The van der Waals surface area contributed by atoms with Gasteiger partial charge in [0, 0.05) is 57.2 Å². The van der Waals surface area contributed by atoms with E-state index in [-0.39, 0.29) is 11.8 Å². The summed E-state index contributed by atoms with van der Waals surface area (Å²) in [6.07, 6.45) is 5.61. The molecule has 2 aromatic rings. The predicted molar refractivity (Wildman–Crippen MR) is 149 cm³/mol. The zero-order valence-electron chi connectivity index (χ0n) is 23.0. The lowest BCUT2D eigenvalue weighted by molar-refractivity contribution is -0.137. The van der Waals surface area contributed by atoms with Gasteiger partial charge in [-0.3, -0.25) is 9.62 Å². The highest BCUT2D eigenvalue weighted by Crippen LogP contribution is 2.35. The van der Waals surface area contributed by atoms with Crippen molar-refractivity contribution in [3.8, 4) is 0 Å². The van der Waals surface area contributed by atoms with E-state index in [9.17, 15) is 26.4 Å². The number of piperidine rings is 1. The summed E-state index contributed by atoms with van der Waals surface area (Å²) >= 11 is 0. The highest BCUT2D eigenvalue weighted by Gasteiger charge is 2.32. The van der Waals surface area contributed by atoms with Crippen molar-refractivity contribution in [3.05, 3.63) is 41.6 Å². The first-order valence-electron chi connectivity index (χ1n) is 14.0. The Kier molecular flexibility index (Phi) is 9.99. The summed E-state index contributed by atoms with van der Waals surface area (Å²) in [5.74, 6) is 0.0842. The number of anilines is 2. The smallest absolute Gasteiger partial charge is 0.371 e. The predicted octanol–water partition coefficient (Wildman–Crippen LogP) is 5.00. The van der Waals surface area contributed by atoms with Crippen LogP contribution in [0.5, 0.6) is 0 Å². The van der Waals surface area contributed by atoms with Gasteiger partial charge in [-0.2, -0.15) is 17.9 Å². The molecule has 0 radical (unpaired) electrons. The fourth-order valence-electron chi connectivity index (χ4n) is 5.41. The van der Waals surface area contributed by atoms with Gasteiger partial charge < -0.3 is 9.80 Å². The number of nitrogens with zero attached hydrogens (tertiary/aromatic N) is 5. The quantitative estimate of drug-likeness (QED) is 0.532. The van der Waals surface area contributed by atoms with Crippen molar-refractivity contribution < 1.29 is 26.4 Å². The summed E-state index contributed by atoms with van der Waals surface area (Å²) < 4.78 is 67.0. The Hall–Kier alpha value is -2.80. The number of amides is 1. The molecule has 2 aliphatic heterocycles. The molecule has 222 valence electrons. The van der Waals surface area contributed by atoms with Crippen LogP contribution in [0.1, 0.15) is 62.5 Å². The molecule has 40 heavy (non-hydrogen) atoms. The van der Waals surface area contributed by atoms with Crippen molar-refractivity contribution in [2.45, 2.75) is 64.1 Å². The minimum Gasteiger partial charge on any atom is -0.371 e. The molecule has 9 nitrogen and oxygen atoms in total. The Balaban J connectivity index is 1.46. The van der Waals surface area contributed by atoms with Crippen LogP contribution >= 0.6 is 0 Å².